The van der Waals surface area contributed by atoms with Gasteiger partial charge in [0.15, 0.2) is 11.4 Å². The first kappa shape index (κ1) is 31.7. The number of carbonyl (C=O) groups is 4. The quantitative estimate of drug-likeness (QED) is 0.133. The van der Waals surface area contributed by atoms with Gasteiger partial charge in [0.2, 0.25) is 11.7 Å². The van der Waals surface area contributed by atoms with E-state index in [-0.39, 0.29) is 28.2 Å². The summed E-state index contributed by atoms with van der Waals surface area (Å²) in [6, 6.07) is 1.52. The number of Topliss-reactive ketones (excluding diaryl/α,β-unsaturated/α-hetero) is 2. The number of nitrogens with zero attached hydrogens (tertiary/aromatic N) is 1. The van der Waals surface area contributed by atoms with Gasteiger partial charge in [0.05, 0.1) is 34.1 Å². The summed E-state index contributed by atoms with van der Waals surface area (Å²) in [4.78, 5) is 52.4. The van der Waals surface area contributed by atoms with E-state index in [1.165, 1.54) is 31.1 Å². The number of carbonyl (C=O) groups excluding carboxylic acids is 4. The first-order valence-electron chi connectivity index (χ1n) is 12.3. The minimum atomic E-state index is -2.99. The Morgan fingerprint density at radius 3 is 2.33 bits per heavy atom. The van der Waals surface area contributed by atoms with Gasteiger partial charge in [0, 0.05) is 11.5 Å². The number of rotatable bonds is 5. The van der Waals surface area contributed by atoms with Crippen molar-refractivity contribution < 1.29 is 44.7 Å². The lowest BCUT2D eigenvalue weighted by Gasteiger charge is -2.53. The second-order valence-electron chi connectivity index (χ2n) is 10.3. The highest BCUT2D eigenvalue weighted by Crippen LogP contribution is 2.56. The maximum Gasteiger partial charge on any atom is 0.255 e. The van der Waals surface area contributed by atoms with E-state index in [9.17, 15) is 44.7 Å². The molecule has 218 valence electrons. The van der Waals surface area contributed by atoms with Crippen LogP contribution in [0.25, 0.3) is 5.76 Å². The van der Waals surface area contributed by atoms with Gasteiger partial charge in [0.25, 0.3) is 5.91 Å². The van der Waals surface area contributed by atoms with Gasteiger partial charge in [-0.15, -0.1) is 17.0 Å². The van der Waals surface area contributed by atoms with Gasteiger partial charge in [-0.25, -0.2) is 0 Å². The fourth-order valence-electron chi connectivity index (χ4n) is 6.11. The molecule has 4 rings (SSSR count). The van der Waals surface area contributed by atoms with E-state index in [1.54, 1.807) is 13.8 Å². The predicted molar refractivity (Wildman–Crippen MR) is 152 cm³/mol. The van der Waals surface area contributed by atoms with Crippen molar-refractivity contribution >= 4 is 67.7 Å². The van der Waals surface area contributed by atoms with Gasteiger partial charge in [-0.3, -0.25) is 24.1 Å². The number of anilines is 1. The van der Waals surface area contributed by atoms with Crippen molar-refractivity contribution in [2.45, 2.75) is 48.8 Å². The number of ketones is 2. The third-order valence-electron chi connectivity index (χ3n) is 8.03. The normalized spacial score (nSPS) is 30.2. The molecule has 3 aliphatic rings. The largest absolute Gasteiger partial charge is 0.508 e. The van der Waals surface area contributed by atoms with Crippen molar-refractivity contribution in [1.29, 1.82) is 0 Å². The van der Waals surface area contributed by atoms with Gasteiger partial charge in [-0.2, -0.15) is 0 Å². The van der Waals surface area contributed by atoms with Crippen molar-refractivity contribution in [3.05, 3.63) is 40.2 Å². The summed E-state index contributed by atoms with van der Waals surface area (Å²) in [5, 5.41) is 59.1. The average Bonchev–Trinajstić information content (AvgIpc) is 2.86. The second kappa shape index (κ2) is 10.9. The lowest BCUT2D eigenvalue weighted by molar-refractivity contribution is -0.169. The monoisotopic (exact) mass is 687 g/mol. The molecule has 1 saturated carbocycles. The Morgan fingerprint density at radius 2 is 1.80 bits per heavy atom. The van der Waals surface area contributed by atoms with Crippen LogP contribution in [0.5, 0.6) is 5.75 Å². The maximum absolute atomic E-state index is 14.0. The number of amides is 2. The van der Waals surface area contributed by atoms with Crippen LogP contribution in [0.2, 0.25) is 0 Å². The van der Waals surface area contributed by atoms with Crippen LogP contribution in [0.1, 0.15) is 37.3 Å². The van der Waals surface area contributed by atoms with E-state index in [0.29, 0.717) is 12.0 Å². The SMILES string of the molecule is Br.CCC(Br)C(=O)Nc1ccc2c(c1O)C(O)=C1C(=O)C3(O)C(O)=C(C(N)=O)C(=O)[C@@H](N(C)C)C3C(O)C1C2C. The highest BCUT2D eigenvalue weighted by atomic mass is 79.9. The molecular formula is C26H31Br2N3O9. The number of halogens is 2. The molecule has 3 aliphatic carbocycles. The zero-order valence-electron chi connectivity index (χ0n) is 22.0. The van der Waals surface area contributed by atoms with Crippen molar-refractivity contribution in [2.24, 2.45) is 17.6 Å². The Bertz CT molecular complexity index is 1380. The molecule has 0 spiro atoms. The van der Waals surface area contributed by atoms with E-state index in [1.807, 2.05) is 0 Å². The molecule has 40 heavy (non-hydrogen) atoms. The van der Waals surface area contributed by atoms with Gasteiger partial charge >= 0.3 is 0 Å². The number of aliphatic hydroxyl groups is 4. The Balaban J connectivity index is 0.00000441. The Labute approximate surface area is 248 Å². The predicted octanol–water partition coefficient (Wildman–Crippen LogP) is 1.19. The van der Waals surface area contributed by atoms with Crippen LogP contribution in [-0.4, -0.2) is 90.5 Å². The number of aromatic hydroxyl groups is 1. The zero-order chi connectivity index (χ0) is 29.3. The van der Waals surface area contributed by atoms with E-state index < -0.39 is 92.1 Å². The Hall–Kier alpha value is -2.78. The first-order chi connectivity index (χ1) is 18.1. The number of primary amides is 1. The Morgan fingerprint density at radius 1 is 1.20 bits per heavy atom. The van der Waals surface area contributed by atoms with Crippen molar-refractivity contribution in [3.63, 3.8) is 0 Å². The molecule has 0 saturated heterocycles. The number of nitrogens with two attached hydrogens (primary N) is 1. The van der Waals surface area contributed by atoms with Crippen LogP contribution in [0.15, 0.2) is 29.0 Å². The highest BCUT2D eigenvalue weighted by molar-refractivity contribution is 9.10. The van der Waals surface area contributed by atoms with Gasteiger partial charge in [-0.05, 0) is 38.1 Å². The van der Waals surface area contributed by atoms with Crippen LogP contribution in [0.3, 0.4) is 0 Å². The number of phenols is 1. The summed E-state index contributed by atoms with van der Waals surface area (Å²) >= 11 is 3.22. The van der Waals surface area contributed by atoms with E-state index in [4.69, 9.17) is 5.73 Å². The second-order valence-corrected chi connectivity index (χ2v) is 11.4. The fourth-order valence-corrected chi connectivity index (χ4v) is 6.23. The lowest BCUT2D eigenvalue weighted by atomic mass is 9.54. The summed E-state index contributed by atoms with van der Waals surface area (Å²) in [5.41, 5.74) is 0.912. The molecule has 1 fully saturated rings. The number of aliphatic hydroxyl groups excluding tert-OH is 3. The first-order valence-corrected chi connectivity index (χ1v) is 13.2. The molecule has 12 nitrogen and oxygen atoms in total. The zero-order valence-corrected chi connectivity index (χ0v) is 25.3. The third kappa shape index (κ3) is 4.28. The molecule has 0 aliphatic heterocycles. The molecule has 1 aromatic carbocycles. The van der Waals surface area contributed by atoms with Crippen molar-refractivity contribution in [2.75, 3.05) is 19.4 Å². The number of alkyl halides is 1. The Kier molecular flexibility index (Phi) is 8.65. The summed E-state index contributed by atoms with van der Waals surface area (Å²) in [5.74, 6) is -10.2. The van der Waals surface area contributed by atoms with Crippen molar-refractivity contribution in [1.82, 2.24) is 4.90 Å². The maximum atomic E-state index is 14.0. The number of fused-ring (bicyclic) bond motifs is 3. The van der Waals surface area contributed by atoms with E-state index >= 15 is 0 Å². The third-order valence-corrected chi connectivity index (χ3v) is 9.09. The van der Waals surface area contributed by atoms with Crippen LogP contribution in [0, 0.1) is 11.8 Å². The van der Waals surface area contributed by atoms with Crippen LogP contribution < -0.4 is 11.1 Å². The molecule has 0 radical (unpaired) electrons. The number of hydrogen-bond donors (Lipinski definition) is 7. The van der Waals surface area contributed by atoms with Gasteiger partial charge < -0.3 is 36.6 Å². The molecule has 7 atom stereocenters. The minimum absolute atomic E-state index is 0. The van der Waals surface area contributed by atoms with Gasteiger partial charge in [0.1, 0.15) is 22.8 Å². The number of benzene rings is 1. The van der Waals surface area contributed by atoms with Crippen LogP contribution >= 0.6 is 32.9 Å². The molecule has 1 aromatic rings. The molecule has 0 bridgehead atoms. The lowest BCUT2D eigenvalue weighted by Crippen LogP contribution is -2.70. The number of likely N-dealkylation sites (N-methyl/N-ethyl adjacent to an activating group) is 1. The molecule has 14 heteroatoms. The summed E-state index contributed by atoms with van der Waals surface area (Å²) in [6.07, 6.45) is -1.22. The van der Waals surface area contributed by atoms with Crippen molar-refractivity contribution in [3.8, 4) is 5.75 Å². The molecule has 8 N–H and O–H groups in total. The average molecular weight is 689 g/mol. The summed E-state index contributed by atoms with van der Waals surface area (Å²) in [7, 11) is 2.88. The summed E-state index contributed by atoms with van der Waals surface area (Å²) in [6.45, 7) is 3.40. The van der Waals surface area contributed by atoms with E-state index in [0.717, 1.165) is 0 Å². The molecule has 2 amide bonds. The van der Waals surface area contributed by atoms with Gasteiger partial charge in [-0.1, -0.05) is 35.8 Å². The molecular weight excluding hydrogens is 658 g/mol. The van der Waals surface area contributed by atoms with E-state index in [2.05, 4.69) is 21.2 Å². The molecule has 0 aromatic heterocycles. The molecule has 6 unspecified atom stereocenters. The number of nitrogens with one attached hydrogen (secondary N) is 1. The smallest absolute Gasteiger partial charge is 0.255 e. The topological polar surface area (TPSA) is 211 Å². The summed E-state index contributed by atoms with van der Waals surface area (Å²) < 4.78 is 0. The fraction of sp³-hybridized carbons (Fsp3) is 0.462. The number of phenolic OH excluding ortho intramolecular Hbond substituents is 1. The standard InChI is InChI=1S/C26H30BrN3O9.BrH/c1-5-10(27)25(38)29-11-7-6-9-8(2)12-14(19(32)13(9)18(11)31)22(35)26(39)16(20(12)33)17(30(3)4)21(34)15(23(26)36)24(28)37;/h6-8,10,12,16-17,20,31-33,36,39H,5H2,1-4H3,(H2,28,37)(H,29,38);1H/t8?,10?,12?,16?,17-,20?,26?;/m0./s1. The number of hydrogen-bond acceptors (Lipinski definition) is 10. The van der Waals surface area contributed by atoms with Crippen LogP contribution in [-0.2, 0) is 19.2 Å². The minimum Gasteiger partial charge on any atom is -0.508 e. The van der Waals surface area contributed by atoms with Crippen LogP contribution in [0.4, 0.5) is 5.69 Å². The highest BCUT2D eigenvalue weighted by Gasteiger charge is 2.68. The molecule has 0 heterocycles.